The van der Waals surface area contributed by atoms with E-state index in [4.69, 9.17) is 19.0 Å². The van der Waals surface area contributed by atoms with Crippen molar-refractivity contribution in [2.45, 2.75) is 123 Å². The molecule has 17 nitrogen and oxygen atoms in total. The summed E-state index contributed by atoms with van der Waals surface area (Å²) >= 11 is 0. The predicted octanol–water partition coefficient (Wildman–Crippen LogP) is 14.0. The lowest BCUT2D eigenvalue weighted by atomic mass is 9.87. The molecule has 9 aromatic rings. The molecule has 20 heteroatoms. The quantitative estimate of drug-likeness (QED) is 0.0446. The molecular weight excluding hydrogens is 1190 g/mol. The van der Waals surface area contributed by atoms with E-state index in [1.807, 2.05) is 55.0 Å². The Balaban J connectivity index is 0.000000148. The summed E-state index contributed by atoms with van der Waals surface area (Å²) in [5, 5.41) is 3.72. The molecule has 0 amide bonds. The molecule has 6 heterocycles. The Morgan fingerprint density at radius 1 is 0.489 bits per heavy atom. The fourth-order valence-corrected chi connectivity index (χ4v) is 15.6. The third-order valence-electron chi connectivity index (χ3n) is 18.9. The Kier molecular flexibility index (Phi) is 20.5. The van der Waals surface area contributed by atoms with Gasteiger partial charge in [-0.15, -0.1) is 0 Å². The maximum absolute atomic E-state index is 12.1. The van der Waals surface area contributed by atoms with Crippen molar-refractivity contribution in [2.24, 2.45) is 17.8 Å². The summed E-state index contributed by atoms with van der Waals surface area (Å²) in [5.74, 6) is 4.58. The molecule has 480 valence electrons. The van der Waals surface area contributed by atoms with E-state index in [0.29, 0.717) is 28.7 Å². The average molecular weight is 1280 g/mol. The second kappa shape index (κ2) is 27.7. The van der Waals surface area contributed by atoms with Gasteiger partial charge in [0.15, 0.2) is 0 Å². The molecule has 0 bridgehead atoms. The van der Waals surface area contributed by atoms with Gasteiger partial charge in [0.2, 0.25) is 0 Å². The van der Waals surface area contributed by atoms with Gasteiger partial charge >= 0.3 is 15.2 Å². The van der Waals surface area contributed by atoms with Gasteiger partial charge < -0.3 is 48.7 Å². The molecule has 8 N–H and O–H groups in total. The number of methoxy groups -OCH3 is 3. The van der Waals surface area contributed by atoms with Gasteiger partial charge in [0.1, 0.15) is 17.2 Å². The van der Waals surface area contributed by atoms with Crippen molar-refractivity contribution in [3.05, 3.63) is 178 Å². The molecule has 3 aliphatic rings. The molecule has 12 rings (SSSR count). The fourth-order valence-electron chi connectivity index (χ4n) is 13.9. The van der Waals surface area contributed by atoms with Crippen LogP contribution >= 0.6 is 15.2 Å². The minimum Gasteiger partial charge on any atom is -0.496 e. The molecule has 90 heavy (non-hydrogen) atoms. The number of hydrogen-bond acceptors (Lipinski definition) is 10. The number of fused-ring (bicyclic) bond motifs is 3. The summed E-state index contributed by atoms with van der Waals surface area (Å²) in [6.45, 7) is 18.4. The second-order valence-corrected chi connectivity index (χ2v) is 30.8. The lowest BCUT2D eigenvalue weighted by molar-refractivity contribution is 0.110. The largest absolute Gasteiger partial charge is 0.496 e. The number of aromatic amines is 3. The number of benzene rings is 6. The number of aromatic nitrogens is 3. The monoisotopic (exact) mass is 1280 g/mol. The molecule has 3 fully saturated rings. The number of aryl methyl sites for hydroxylation is 3. The Hall–Kier alpha value is -6.53. The first-order valence-corrected chi connectivity index (χ1v) is 36.3. The smallest absolute Gasteiger partial charge is 0.356 e. The van der Waals surface area contributed by atoms with Crippen molar-refractivity contribution in [3.8, 4) is 17.2 Å². The van der Waals surface area contributed by atoms with E-state index < -0.39 is 24.9 Å². The summed E-state index contributed by atoms with van der Waals surface area (Å²) in [7, 11) is -5.97. The van der Waals surface area contributed by atoms with E-state index in [9.17, 15) is 32.9 Å². The van der Waals surface area contributed by atoms with Crippen molar-refractivity contribution in [1.82, 2.24) is 29.7 Å². The van der Waals surface area contributed by atoms with Crippen molar-refractivity contribution < 1.29 is 47.1 Å². The third kappa shape index (κ3) is 14.9. The Morgan fingerprint density at radius 2 is 0.767 bits per heavy atom. The number of hydrogen-bond donors (Lipinski definition) is 8. The summed E-state index contributed by atoms with van der Waals surface area (Å²) in [4.78, 5) is 55.8. The highest BCUT2D eigenvalue weighted by Crippen LogP contribution is 2.44. The van der Waals surface area contributed by atoms with Gasteiger partial charge in [-0.3, -0.25) is 23.8 Å². The number of likely N-dealkylation sites (tertiary alicyclic amines) is 3. The summed E-state index contributed by atoms with van der Waals surface area (Å²) in [6, 6.07) is 34.9. The Bertz CT molecular complexity index is 4000. The number of nitrogens with zero attached hydrogens (tertiary/aromatic N) is 3. The molecule has 3 aliphatic heterocycles. The van der Waals surface area contributed by atoms with E-state index in [2.05, 4.69) is 120 Å². The number of ether oxygens (including phenoxy) is 3. The van der Waals surface area contributed by atoms with Crippen LogP contribution in [0.5, 0.6) is 17.2 Å². The van der Waals surface area contributed by atoms with Crippen LogP contribution in [0.1, 0.15) is 127 Å². The topological polar surface area (TPSA) is 241 Å². The van der Waals surface area contributed by atoms with Crippen molar-refractivity contribution >= 4 is 68.2 Å². The second-order valence-electron chi connectivity index (χ2n) is 25.5. The van der Waals surface area contributed by atoms with Gasteiger partial charge in [0.25, 0.3) is 0 Å². The van der Waals surface area contributed by atoms with Crippen LogP contribution in [-0.2, 0) is 38.5 Å². The van der Waals surface area contributed by atoms with Gasteiger partial charge in [0, 0.05) is 117 Å². The number of piperidine rings is 3. The molecule has 0 saturated carbocycles. The minimum atomic E-state index is -4.23. The Morgan fingerprint density at radius 3 is 1.02 bits per heavy atom. The van der Waals surface area contributed by atoms with Crippen molar-refractivity contribution in [1.29, 1.82) is 4.78 Å². The fraction of sp³-hybridized carbons (Fsp3) is 0.400. The standard InChI is InChI=1S/C24H31N3O2S.2C23H29N2O4P/c1-16-10-12-27(22(13-16)18-5-7-19(8-6-18)30(4,25)28)15-21-20-9-11-26-24(20)17(2)14-23(21)29-3;2*1-15-9-11-25(21(12-15)17-4-6-18(7-5-17)30(26,27)28)14-20-19-8-10-24-23(19)16(2)13-22(20)29-3/h5-9,11,14,16,22,25-26H,10,12-13,15H2,1-4H3;2*4-8,10,13,15,21,24H,9,11-12,14H2,1-3H3,(H2,26,27,28)/t16-,22+,30-;2*15-,21+/m110/s1. The first-order valence-electron chi connectivity index (χ1n) is 31.1. The number of H-pyrrole nitrogens is 3. The highest BCUT2D eigenvalue weighted by atomic mass is 32.2. The van der Waals surface area contributed by atoms with Gasteiger partial charge in [-0.1, -0.05) is 57.2 Å². The molecule has 6 aromatic carbocycles. The minimum absolute atomic E-state index is 0.0656. The highest BCUT2D eigenvalue weighted by molar-refractivity contribution is 7.91. The molecule has 0 radical (unpaired) electrons. The molecular formula is C70H89N7O10P2S. The first kappa shape index (κ1) is 66.4. The molecule has 7 atom stereocenters. The van der Waals surface area contributed by atoms with Crippen molar-refractivity contribution in [3.63, 3.8) is 0 Å². The zero-order valence-corrected chi connectivity index (χ0v) is 56.1. The van der Waals surface area contributed by atoms with Gasteiger partial charge in [-0.2, -0.15) is 0 Å². The zero-order valence-electron chi connectivity index (χ0n) is 53.5. The Labute approximate surface area is 529 Å². The average Bonchev–Trinajstić information content (AvgIpc) is 1.61. The maximum atomic E-state index is 12.1. The van der Waals surface area contributed by atoms with E-state index in [0.717, 1.165) is 122 Å². The van der Waals surface area contributed by atoms with Gasteiger partial charge in [-0.25, -0.2) is 8.99 Å². The summed E-state index contributed by atoms with van der Waals surface area (Å²) in [6.07, 6.45) is 14.0. The molecule has 3 aromatic heterocycles. The van der Waals surface area contributed by atoms with E-state index >= 15 is 0 Å². The van der Waals surface area contributed by atoms with Crippen LogP contribution in [0.25, 0.3) is 32.7 Å². The van der Waals surface area contributed by atoms with Crippen LogP contribution in [0.3, 0.4) is 0 Å². The van der Waals surface area contributed by atoms with Crippen LogP contribution in [0.15, 0.2) is 133 Å². The lowest BCUT2D eigenvalue weighted by Gasteiger charge is -2.39. The first-order chi connectivity index (χ1) is 42.8. The molecule has 0 aliphatic carbocycles. The van der Waals surface area contributed by atoms with E-state index in [1.165, 1.54) is 62.2 Å². The van der Waals surface area contributed by atoms with Gasteiger partial charge in [-0.05, 0) is 203 Å². The zero-order chi connectivity index (χ0) is 64.4. The maximum Gasteiger partial charge on any atom is 0.356 e. The SMILES string of the molecule is COc1cc(C)c2[nH]ccc2c1CN1CC[C@@H](C)C[C@H]1c1ccc(P(=O)(O)O)cc1.COc1cc(C)c2[nH]ccc2c1CN1CC[C@@H](C)C[C@H]1c1ccc([S@](C)(=N)=O)cc1.COc1cc(C)c2[nH]ccc2c1CN1CC[C@H](C)C[C@@H]1c1ccc(P(=O)(O)O)cc1. The van der Waals surface area contributed by atoms with Crippen molar-refractivity contribution in [2.75, 3.05) is 47.2 Å². The van der Waals surface area contributed by atoms with Crippen LogP contribution in [0.2, 0.25) is 0 Å². The van der Waals surface area contributed by atoms with Crippen LogP contribution in [0, 0.1) is 43.3 Å². The summed E-state index contributed by atoms with van der Waals surface area (Å²) < 4.78 is 60.2. The molecule has 0 spiro atoms. The number of nitrogens with one attached hydrogen (secondary N) is 4. The predicted molar refractivity (Wildman–Crippen MR) is 361 cm³/mol. The van der Waals surface area contributed by atoms with E-state index in [1.54, 1.807) is 45.6 Å². The normalized spacial score (nSPS) is 21.1. The van der Waals surface area contributed by atoms with Crippen LogP contribution < -0.4 is 24.8 Å². The van der Waals surface area contributed by atoms with Crippen LogP contribution in [-0.4, -0.2) is 101 Å². The third-order valence-corrected chi connectivity index (χ3v) is 22.1. The van der Waals surface area contributed by atoms with E-state index in [-0.39, 0.29) is 22.7 Å². The molecule has 0 unspecified atom stereocenters. The highest BCUT2D eigenvalue weighted by Gasteiger charge is 2.33. The van der Waals surface area contributed by atoms with Gasteiger partial charge in [0.05, 0.1) is 41.7 Å². The summed E-state index contributed by atoms with van der Waals surface area (Å²) in [5.41, 5.74) is 13.9. The number of rotatable bonds is 15. The molecule has 3 saturated heterocycles. The lowest BCUT2D eigenvalue weighted by Crippen LogP contribution is -2.36. The van der Waals surface area contributed by atoms with Crippen LogP contribution in [0.4, 0.5) is 0 Å².